The standard InChI is InChI=1S/C8H6F3NO3/c1-15-7(13)5-3-2-4-12(14)6(5)8(9,10)11/h2-4H,1H3. The summed E-state index contributed by atoms with van der Waals surface area (Å²) in [4.78, 5) is 11.0. The van der Waals surface area contributed by atoms with Gasteiger partial charge in [0.15, 0.2) is 6.20 Å². The Labute approximate surface area is 82.5 Å². The van der Waals surface area contributed by atoms with Crippen molar-refractivity contribution in [3.63, 3.8) is 0 Å². The van der Waals surface area contributed by atoms with E-state index in [0.717, 1.165) is 19.2 Å². The van der Waals surface area contributed by atoms with Gasteiger partial charge in [-0.1, -0.05) is 0 Å². The number of ether oxygens (including phenoxy) is 1. The number of aromatic nitrogens is 1. The van der Waals surface area contributed by atoms with Crippen molar-refractivity contribution in [2.24, 2.45) is 0 Å². The highest BCUT2D eigenvalue weighted by Crippen LogP contribution is 2.29. The molecule has 0 bridgehead atoms. The topological polar surface area (TPSA) is 53.2 Å². The Bertz CT molecular complexity index is 389. The molecule has 0 aliphatic carbocycles. The van der Waals surface area contributed by atoms with E-state index in [4.69, 9.17) is 0 Å². The SMILES string of the molecule is COC(=O)c1ccc[n+]([O-])c1C(F)(F)F. The number of alkyl halides is 3. The molecule has 0 N–H and O–H groups in total. The molecular formula is C8H6F3NO3. The predicted molar refractivity (Wildman–Crippen MR) is 41.7 cm³/mol. The van der Waals surface area contributed by atoms with Gasteiger partial charge in [0.2, 0.25) is 0 Å². The molecule has 0 fully saturated rings. The van der Waals surface area contributed by atoms with E-state index in [9.17, 15) is 23.2 Å². The van der Waals surface area contributed by atoms with Gasteiger partial charge in [-0.05, 0) is 6.07 Å². The van der Waals surface area contributed by atoms with Gasteiger partial charge in [-0.3, -0.25) is 0 Å². The van der Waals surface area contributed by atoms with Crippen molar-refractivity contribution in [2.45, 2.75) is 6.18 Å². The number of hydrogen-bond acceptors (Lipinski definition) is 3. The lowest BCUT2D eigenvalue weighted by molar-refractivity contribution is -0.629. The number of pyridine rings is 1. The van der Waals surface area contributed by atoms with Gasteiger partial charge in [0, 0.05) is 6.07 Å². The highest BCUT2D eigenvalue weighted by atomic mass is 19.4. The normalized spacial score (nSPS) is 11.2. The third kappa shape index (κ3) is 2.17. The van der Waals surface area contributed by atoms with Crippen LogP contribution in [0.2, 0.25) is 0 Å². The van der Waals surface area contributed by atoms with Crippen molar-refractivity contribution in [3.05, 3.63) is 34.8 Å². The molecule has 15 heavy (non-hydrogen) atoms. The number of halogens is 3. The van der Waals surface area contributed by atoms with Crippen LogP contribution in [0.3, 0.4) is 0 Å². The average Bonchev–Trinajstić information content (AvgIpc) is 2.14. The Hall–Kier alpha value is -1.79. The molecule has 0 aliphatic heterocycles. The monoisotopic (exact) mass is 221 g/mol. The van der Waals surface area contributed by atoms with Crippen LogP contribution < -0.4 is 4.73 Å². The predicted octanol–water partition coefficient (Wildman–Crippen LogP) is 1.13. The van der Waals surface area contributed by atoms with Crippen LogP contribution in [-0.4, -0.2) is 13.1 Å². The van der Waals surface area contributed by atoms with Crippen LogP contribution in [0.25, 0.3) is 0 Å². The summed E-state index contributed by atoms with van der Waals surface area (Å²) in [6.07, 6.45) is -4.23. The van der Waals surface area contributed by atoms with Gasteiger partial charge in [0.1, 0.15) is 5.56 Å². The lowest BCUT2D eigenvalue weighted by Crippen LogP contribution is -2.38. The average molecular weight is 221 g/mol. The smallest absolute Gasteiger partial charge is 0.479 e. The number of rotatable bonds is 1. The van der Waals surface area contributed by atoms with Crippen LogP contribution in [-0.2, 0) is 10.9 Å². The van der Waals surface area contributed by atoms with Crippen LogP contribution in [0.15, 0.2) is 18.3 Å². The molecule has 0 spiro atoms. The highest BCUT2D eigenvalue weighted by molar-refractivity contribution is 5.90. The molecule has 0 saturated carbocycles. The summed E-state index contributed by atoms with van der Waals surface area (Å²) in [7, 11) is 0.935. The van der Waals surface area contributed by atoms with Crippen LogP contribution >= 0.6 is 0 Å². The summed E-state index contributed by atoms with van der Waals surface area (Å²) in [5.41, 5.74) is -2.38. The second kappa shape index (κ2) is 3.76. The Morgan fingerprint density at radius 1 is 1.53 bits per heavy atom. The second-order valence-corrected chi connectivity index (χ2v) is 2.59. The first kappa shape index (κ1) is 11.3. The van der Waals surface area contributed by atoms with Crippen molar-refractivity contribution in [3.8, 4) is 0 Å². The minimum Gasteiger partial charge on any atom is -0.618 e. The Morgan fingerprint density at radius 2 is 2.13 bits per heavy atom. The first-order chi connectivity index (χ1) is 6.88. The highest BCUT2D eigenvalue weighted by Gasteiger charge is 2.44. The molecule has 0 saturated heterocycles. The summed E-state index contributed by atoms with van der Waals surface area (Å²) in [6.45, 7) is 0. The molecule has 0 aliphatic rings. The largest absolute Gasteiger partial charge is 0.618 e. The van der Waals surface area contributed by atoms with Crippen molar-refractivity contribution in [1.29, 1.82) is 0 Å². The molecule has 0 amide bonds. The van der Waals surface area contributed by atoms with Gasteiger partial charge in [0.05, 0.1) is 7.11 Å². The van der Waals surface area contributed by atoms with E-state index in [-0.39, 0.29) is 0 Å². The van der Waals surface area contributed by atoms with E-state index in [1.165, 1.54) is 0 Å². The van der Waals surface area contributed by atoms with E-state index in [0.29, 0.717) is 6.20 Å². The molecule has 4 nitrogen and oxygen atoms in total. The van der Waals surface area contributed by atoms with Gasteiger partial charge < -0.3 is 9.94 Å². The molecule has 1 rings (SSSR count). The van der Waals surface area contributed by atoms with Crippen LogP contribution in [0.1, 0.15) is 16.1 Å². The van der Waals surface area contributed by atoms with Gasteiger partial charge in [0.25, 0.3) is 0 Å². The Kier molecular flexibility index (Phi) is 2.83. The van der Waals surface area contributed by atoms with E-state index >= 15 is 0 Å². The van der Waals surface area contributed by atoms with Gasteiger partial charge in [-0.15, -0.1) is 0 Å². The van der Waals surface area contributed by atoms with Crippen LogP contribution in [0.4, 0.5) is 13.2 Å². The maximum atomic E-state index is 12.4. The lowest BCUT2D eigenvalue weighted by atomic mass is 10.2. The molecule has 7 heteroatoms. The number of esters is 1. The molecule has 0 atom stereocenters. The van der Waals surface area contributed by atoms with E-state index in [1.54, 1.807) is 0 Å². The fraction of sp³-hybridized carbons (Fsp3) is 0.250. The van der Waals surface area contributed by atoms with Crippen LogP contribution in [0, 0.1) is 5.21 Å². The van der Waals surface area contributed by atoms with Gasteiger partial charge in [-0.2, -0.15) is 17.9 Å². The second-order valence-electron chi connectivity index (χ2n) is 2.59. The summed E-state index contributed by atoms with van der Waals surface area (Å²) in [5.74, 6) is -1.20. The molecule has 82 valence electrons. The summed E-state index contributed by atoms with van der Waals surface area (Å²) in [5, 5.41) is 10.9. The molecule has 1 aromatic heterocycles. The van der Waals surface area contributed by atoms with Crippen LogP contribution in [0.5, 0.6) is 0 Å². The lowest BCUT2D eigenvalue weighted by Gasteiger charge is -2.10. The molecule has 0 aromatic carbocycles. The van der Waals surface area contributed by atoms with Crippen molar-refractivity contribution in [1.82, 2.24) is 0 Å². The molecule has 0 radical (unpaired) electrons. The van der Waals surface area contributed by atoms with Gasteiger partial charge >= 0.3 is 17.8 Å². The quantitative estimate of drug-likeness (QED) is 0.405. The van der Waals surface area contributed by atoms with E-state index in [1.807, 2.05) is 0 Å². The molecule has 1 heterocycles. The van der Waals surface area contributed by atoms with Crippen molar-refractivity contribution >= 4 is 5.97 Å². The number of carbonyl (C=O) groups is 1. The zero-order valence-corrected chi connectivity index (χ0v) is 7.54. The first-order valence-corrected chi connectivity index (χ1v) is 3.75. The van der Waals surface area contributed by atoms with E-state index < -0.39 is 28.1 Å². The molecular weight excluding hydrogens is 215 g/mol. The molecule has 1 aromatic rings. The summed E-state index contributed by atoms with van der Waals surface area (Å²) >= 11 is 0. The minimum atomic E-state index is -4.90. The maximum absolute atomic E-state index is 12.4. The number of carbonyl (C=O) groups excluding carboxylic acids is 1. The fourth-order valence-corrected chi connectivity index (χ4v) is 1.04. The van der Waals surface area contributed by atoms with E-state index in [2.05, 4.69) is 4.74 Å². The minimum absolute atomic E-state index is 0.410. The Balaban J connectivity index is 3.40. The fourth-order valence-electron chi connectivity index (χ4n) is 1.04. The van der Waals surface area contributed by atoms with Crippen molar-refractivity contribution in [2.75, 3.05) is 7.11 Å². The zero-order chi connectivity index (χ0) is 11.6. The third-order valence-electron chi connectivity index (χ3n) is 1.63. The number of hydrogen-bond donors (Lipinski definition) is 0. The maximum Gasteiger partial charge on any atom is 0.479 e. The van der Waals surface area contributed by atoms with Gasteiger partial charge in [-0.25, -0.2) is 4.79 Å². The third-order valence-corrected chi connectivity index (χ3v) is 1.63. The zero-order valence-electron chi connectivity index (χ0n) is 7.54. The summed E-state index contributed by atoms with van der Waals surface area (Å²) < 4.78 is 40.9. The van der Waals surface area contributed by atoms with Crippen molar-refractivity contribution < 1.29 is 27.4 Å². The number of methoxy groups -OCH3 is 1. The molecule has 0 unspecified atom stereocenters. The Morgan fingerprint density at radius 3 is 2.60 bits per heavy atom. The number of nitrogens with zero attached hydrogens (tertiary/aromatic N) is 1. The summed E-state index contributed by atoms with van der Waals surface area (Å²) in [6, 6.07) is 1.91. The first-order valence-electron chi connectivity index (χ1n) is 3.75.